The number of aryl methyl sites for hydroxylation is 1. The van der Waals surface area contributed by atoms with E-state index in [2.05, 4.69) is 9.82 Å². The Morgan fingerprint density at radius 3 is 2.62 bits per heavy atom. The molecule has 0 aromatic carbocycles. The molecule has 1 aliphatic carbocycles. The molecular formula is C13H24N4O3S. The molecule has 1 saturated carbocycles. The molecule has 1 heterocycles. The number of anilines is 1. The predicted octanol–water partition coefficient (Wildman–Crippen LogP) is 0.938. The summed E-state index contributed by atoms with van der Waals surface area (Å²) >= 11 is 0. The molecule has 1 fully saturated rings. The molecule has 0 unspecified atom stereocenters. The summed E-state index contributed by atoms with van der Waals surface area (Å²) in [5.41, 5.74) is 6.19. The van der Waals surface area contributed by atoms with Gasteiger partial charge >= 0.3 is 0 Å². The minimum Gasteiger partial charge on any atom is -0.381 e. The van der Waals surface area contributed by atoms with Gasteiger partial charge in [-0.25, -0.2) is 13.1 Å². The summed E-state index contributed by atoms with van der Waals surface area (Å²) in [6, 6.07) is 0. The van der Waals surface area contributed by atoms with Crippen molar-refractivity contribution in [1.82, 2.24) is 14.5 Å². The third-order valence-electron chi connectivity index (χ3n) is 3.87. The minimum absolute atomic E-state index is 0.0238. The topological polar surface area (TPSA) is 99.2 Å². The van der Waals surface area contributed by atoms with Gasteiger partial charge in [-0.15, -0.1) is 0 Å². The van der Waals surface area contributed by atoms with E-state index >= 15 is 0 Å². The van der Waals surface area contributed by atoms with Gasteiger partial charge in [-0.05, 0) is 19.8 Å². The highest BCUT2D eigenvalue weighted by Gasteiger charge is 2.24. The van der Waals surface area contributed by atoms with Gasteiger partial charge in [0.15, 0.2) is 5.82 Å². The molecule has 1 aromatic rings. The van der Waals surface area contributed by atoms with Crippen molar-refractivity contribution >= 4 is 15.8 Å². The van der Waals surface area contributed by atoms with Crippen molar-refractivity contribution in [2.45, 2.75) is 50.0 Å². The van der Waals surface area contributed by atoms with Gasteiger partial charge in [-0.1, -0.05) is 19.3 Å². The van der Waals surface area contributed by atoms with Gasteiger partial charge in [0, 0.05) is 13.6 Å². The maximum atomic E-state index is 12.2. The van der Waals surface area contributed by atoms with Crippen LogP contribution in [0, 0.1) is 6.92 Å². The Morgan fingerprint density at radius 2 is 2.05 bits per heavy atom. The van der Waals surface area contributed by atoms with Crippen LogP contribution in [-0.4, -0.2) is 37.5 Å². The average Bonchev–Trinajstić information content (AvgIpc) is 2.70. The first kappa shape index (κ1) is 16.3. The first-order valence-electron chi connectivity index (χ1n) is 7.32. The lowest BCUT2D eigenvalue weighted by atomic mass is 9.98. The quantitative estimate of drug-likeness (QED) is 0.761. The van der Waals surface area contributed by atoms with Crippen LogP contribution in [0.1, 0.15) is 37.8 Å². The van der Waals surface area contributed by atoms with Crippen LogP contribution in [0.3, 0.4) is 0 Å². The molecule has 0 bridgehead atoms. The van der Waals surface area contributed by atoms with Gasteiger partial charge in [0.25, 0.3) is 0 Å². The molecule has 1 aliphatic rings. The number of hydrogen-bond acceptors (Lipinski definition) is 5. The highest BCUT2D eigenvalue weighted by molar-refractivity contribution is 7.89. The van der Waals surface area contributed by atoms with Gasteiger partial charge in [0.05, 0.1) is 18.4 Å². The number of sulfonamides is 1. The maximum Gasteiger partial charge on any atom is 0.246 e. The van der Waals surface area contributed by atoms with E-state index in [0.717, 1.165) is 12.8 Å². The molecule has 21 heavy (non-hydrogen) atoms. The molecule has 0 spiro atoms. The minimum atomic E-state index is -3.64. The van der Waals surface area contributed by atoms with E-state index in [4.69, 9.17) is 10.5 Å². The van der Waals surface area contributed by atoms with Crippen molar-refractivity contribution in [3.8, 4) is 0 Å². The van der Waals surface area contributed by atoms with Crippen LogP contribution in [0.25, 0.3) is 0 Å². The van der Waals surface area contributed by atoms with Gasteiger partial charge < -0.3 is 10.5 Å². The van der Waals surface area contributed by atoms with Gasteiger partial charge in [-0.3, -0.25) is 4.68 Å². The second-order valence-corrected chi connectivity index (χ2v) is 7.16. The molecule has 2 rings (SSSR count). The van der Waals surface area contributed by atoms with Gasteiger partial charge in [-0.2, -0.15) is 5.10 Å². The SMILES string of the molecule is Cc1c(S(=O)(=O)NCCOC2CCCCC2)c(N)nn1C. The number of nitrogens with one attached hydrogen (secondary N) is 1. The maximum absolute atomic E-state index is 12.2. The van der Waals surface area contributed by atoms with E-state index in [1.54, 1.807) is 14.0 Å². The lowest BCUT2D eigenvalue weighted by Crippen LogP contribution is -2.30. The molecule has 120 valence electrons. The lowest BCUT2D eigenvalue weighted by Gasteiger charge is -2.21. The second-order valence-electron chi connectivity index (χ2n) is 5.45. The molecular weight excluding hydrogens is 292 g/mol. The highest BCUT2D eigenvalue weighted by Crippen LogP contribution is 2.21. The summed E-state index contributed by atoms with van der Waals surface area (Å²) in [4.78, 5) is 0.0580. The molecule has 8 heteroatoms. The fourth-order valence-corrected chi connectivity index (χ4v) is 3.99. The third-order valence-corrected chi connectivity index (χ3v) is 5.50. The van der Waals surface area contributed by atoms with Crippen molar-refractivity contribution in [3.63, 3.8) is 0 Å². The van der Waals surface area contributed by atoms with Crippen LogP contribution in [0.15, 0.2) is 4.90 Å². The smallest absolute Gasteiger partial charge is 0.246 e. The molecule has 0 amide bonds. The summed E-state index contributed by atoms with van der Waals surface area (Å²) < 4.78 is 34.2. The monoisotopic (exact) mass is 316 g/mol. The Labute approximate surface area is 125 Å². The zero-order valence-corrected chi connectivity index (χ0v) is 13.4. The Kier molecular flexibility index (Phi) is 5.23. The van der Waals surface area contributed by atoms with Crippen LogP contribution < -0.4 is 10.5 Å². The number of aromatic nitrogens is 2. The highest BCUT2D eigenvalue weighted by atomic mass is 32.2. The Hall–Kier alpha value is -1.12. The second kappa shape index (κ2) is 6.76. The number of nitrogens with two attached hydrogens (primary N) is 1. The van der Waals surface area contributed by atoms with Crippen molar-refractivity contribution in [3.05, 3.63) is 5.69 Å². The van der Waals surface area contributed by atoms with E-state index in [9.17, 15) is 8.42 Å². The van der Waals surface area contributed by atoms with Crippen molar-refractivity contribution in [1.29, 1.82) is 0 Å². The summed E-state index contributed by atoms with van der Waals surface area (Å²) in [5, 5.41) is 3.92. The van der Waals surface area contributed by atoms with Crippen LogP contribution >= 0.6 is 0 Å². The van der Waals surface area contributed by atoms with E-state index in [0.29, 0.717) is 12.3 Å². The third kappa shape index (κ3) is 3.96. The van der Waals surface area contributed by atoms with Gasteiger partial charge in [0.1, 0.15) is 4.90 Å². The molecule has 1 aromatic heterocycles. The Balaban J connectivity index is 1.86. The molecule has 0 atom stereocenters. The fraction of sp³-hybridized carbons (Fsp3) is 0.769. The summed E-state index contributed by atoms with van der Waals surface area (Å²) in [6.07, 6.45) is 6.08. The number of nitrogen functional groups attached to an aromatic ring is 1. The predicted molar refractivity (Wildman–Crippen MR) is 80.4 cm³/mol. The zero-order valence-electron chi connectivity index (χ0n) is 12.6. The van der Waals surface area contributed by atoms with Crippen LogP contribution in [0.4, 0.5) is 5.82 Å². The average molecular weight is 316 g/mol. The van der Waals surface area contributed by atoms with Crippen molar-refractivity contribution in [2.75, 3.05) is 18.9 Å². The summed E-state index contributed by atoms with van der Waals surface area (Å²) in [5.74, 6) is 0.0238. The number of rotatable bonds is 6. The molecule has 7 nitrogen and oxygen atoms in total. The molecule has 0 saturated heterocycles. The normalized spacial score (nSPS) is 17.2. The van der Waals surface area contributed by atoms with E-state index < -0.39 is 10.0 Å². The Bertz CT molecular complexity index is 576. The van der Waals surface area contributed by atoms with E-state index in [1.165, 1.54) is 23.9 Å². The number of hydrogen-bond donors (Lipinski definition) is 2. The molecule has 3 N–H and O–H groups in total. The number of ether oxygens (including phenoxy) is 1. The van der Waals surface area contributed by atoms with Crippen LogP contribution in [0.5, 0.6) is 0 Å². The van der Waals surface area contributed by atoms with Crippen LogP contribution in [-0.2, 0) is 21.8 Å². The Morgan fingerprint density at radius 1 is 1.38 bits per heavy atom. The standard InChI is InChI=1S/C13H24N4O3S/c1-10-12(13(14)16-17(10)2)21(18,19)15-8-9-20-11-6-4-3-5-7-11/h11,15H,3-9H2,1-2H3,(H2,14,16). The van der Waals surface area contributed by atoms with E-state index in [1.807, 2.05) is 0 Å². The first-order valence-corrected chi connectivity index (χ1v) is 8.80. The first-order chi connectivity index (χ1) is 9.92. The van der Waals surface area contributed by atoms with Crippen molar-refractivity contribution < 1.29 is 13.2 Å². The summed E-state index contributed by atoms with van der Waals surface area (Å²) in [6.45, 7) is 2.30. The van der Waals surface area contributed by atoms with E-state index in [-0.39, 0.29) is 23.4 Å². The number of nitrogens with zero attached hydrogens (tertiary/aromatic N) is 2. The molecule has 0 aliphatic heterocycles. The van der Waals surface area contributed by atoms with Crippen LogP contribution in [0.2, 0.25) is 0 Å². The zero-order chi connectivity index (χ0) is 15.5. The van der Waals surface area contributed by atoms with Gasteiger partial charge in [0.2, 0.25) is 10.0 Å². The van der Waals surface area contributed by atoms with Crippen molar-refractivity contribution in [2.24, 2.45) is 7.05 Å². The largest absolute Gasteiger partial charge is 0.381 e. The molecule has 0 radical (unpaired) electrons. The fourth-order valence-electron chi connectivity index (χ4n) is 2.65. The lowest BCUT2D eigenvalue weighted by molar-refractivity contribution is 0.0321. The summed E-state index contributed by atoms with van der Waals surface area (Å²) in [7, 11) is -1.98.